The highest BCUT2D eigenvalue weighted by Gasteiger charge is 2.21. The van der Waals surface area contributed by atoms with Gasteiger partial charge < -0.3 is 19.5 Å². The van der Waals surface area contributed by atoms with E-state index in [0.717, 1.165) is 0 Å². The van der Waals surface area contributed by atoms with E-state index in [-0.39, 0.29) is 5.56 Å². The number of ether oxygens (including phenoxy) is 3. The standard InChI is InChI=1S/C17H24N2O6/c1-10(2)9-24-13-7-6-12(8-14(13)23-5)16(21)25-11(3)15(20)19-17(22)18-4/h6-8,10-11H,9H2,1-5H3,(H2,18,19,20,22)/t11-/m1/s1. The Morgan fingerprint density at radius 1 is 1.12 bits per heavy atom. The van der Waals surface area contributed by atoms with Crippen molar-refractivity contribution in [3.8, 4) is 11.5 Å². The highest BCUT2D eigenvalue weighted by Crippen LogP contribution is 2.28. The van der Waals surface area contributed by atoms with Gasteiger partial charge in [0.15, 0.2) is 17.6 Å². The summed E-state index contributed by atoms with van der Waals surface area (Å²) < 4.78 is 15.9. The molecule has 0 aliphatic heterocycles. The van der Waals surface area contributed by atoms with Gasteiger partial charge in [0.05, 0.1) is 19.3 Å². The molecule has 0 aliphatic rings. The Labute approximate surface area is 146 Å². The molecule has 0 radical (unpaired) electrons. The molecule has 0 saturated heterocycles. The minimum atomic E-state index is -1.13. The first-order valence-electron chi connectivity index (χ1n) is 7.82. The molecule has 0 fully saturated rings. The maximum absolute atomic E-state index is 12.2. The van der Waals surface area contributed by atoms with Gasteiger partial charge in [0.25, 0.3) is 5.91 Å². The first-order chi connectivity index (χ1) is 11.8. The molecule has 0 bridgehead atoms. The Bertz CT molecular complexity index is 630. The summed E-state index contributed by atoms with van der Waals surface area (Å²) in [5.41, 5.74) is 0.202. The van der Waals surface area contributed by atoms with E-state index in [0.29, 0.717) is 24.0 Å². The fourth-order valence-electron chi connectivity index (χ4n) is 1.73. The monoisotopic (exact) mass is 352 g/mol. The van der Waals surface area contributed by atoms with E-state index >= 15 is 0 Å². The highest BCUT2D eigenvalue weighted by molar-refractivity contribution is 5.98. The molecule has 0 saturated carbocycles. The average Bonchev–Trinajstić information content (AvgIpc) is 2.59. The summed E-state index contributed by atoms with van der Waals surface area (Å²) >= 11 is 0. The van der Waals surface area contributed by atoms with Crippen LogP contribution in [0.2, 0.25) is 0 Å². The zero-order chi connectivity index (χ0) is 19.0. The minimum Gasteiger partial charge on any atom is -0.493 e. The van der Waals surface area contributed by atoms with Crippen LogP contribution in [0.3, 0.4) is 0 Å². The van der Waals surface area contributed by atoms with Crippen LogP contribution in [-0.2, 0) is 9.53 Å². The number of nitrogens with one attached hydrogen (secondary N) is 2. The largest absolute Gasteiger partial charge is 0.493 e. The summed E-state index contributed by atoms with van der Waals surface area (Å²) in [5.74, 6) is -0.199. The Kier molecular flexibility index (Phi) is 7.71. The van der Waals surface area contributed by atoms with Gasteiger partial charge in [-0.25, -0.2) is 9.59 Å². The summed E-state index contributed by atoms with van der Waals surface area (Å²) in [4.78, 5) is 35.0. The highest BCUT2D eigenvalue weighted by atomic mass is 16.5. The molecule has 1 rings (SSSR count). The number of carbonyl (C=O) groups excluding carboxylic acids is 3. The number of imide groups is 1. The molecule has 2 N–H and O–H groups in total. The van der Waals surface area contributed by atoms with E-state index in [1.54, 1.807) is 6.07 Å². The molecule has 0 heterocycles. The fourth-order valence-corrected chi connectivity index (χ4v) is 1.73. The summed E-state index contributed by atoms with van der Waals surface area (Å²) in [7, 11) is 2.83. The number of esters is 1. The van der Waals surface area contributed by atoms with Crippen molar-refractivity contribution in [2.75, 3.05) is 20.8 Å². The Morgan fingerprint density at radius 3 is 2.36 bits per heavy atom. The van der Waals surface area contributed by atoms with Crippen molar-refractivity contribution in [2.24, 2.45) is 5.92 Å². The quantitative estimate of drug-likeness (QED) is 0.725. The van der Waals surface area contributed by atoms with E-state index < -0.39 is 24.0 Å². The number of benzene rings is 1. The molecule has 8 heteroatoms. The molecule has 0 aromatic heterocycles. The normalized spacial score (nSPS) is 11.4. The van der Waals surface area contributed by atoms with Gasteiger partial charge in [-0.1, -0.05) is 13.8 Å². The lowest BCUT2D eigenvalue weighted by atomic mass is 10.2. The van der Waals surface area contributed by atoms with E-state index in [4.69, 9.17) is 14.2 Å². The van der Waals surface area contributed by atoms with Gasteiger partial charge in [-0.3, -0.25) is 10.1 Å². The van der Waals surface area contributed by atoms with E-state index in [9.17, 15) is 14.4 Å². The molecule has 138 valence electrons. The van der Waals surface area contributed by atoms with Gasteiger partial charge in [-0.15, -0.1) is 0 Å². The third kappa shape index (κ3) is 6.33. The molecular formula is C17H24N2O6. The Balaban J connectivity index is 2.78. The number of rotatable bonds is 7. The minimum absolute atomic E-state index is 0.202. The lowest BCUT2D eigenvalue weighted by Gasteiger charge is -2.15. The summed E-state index contributed by atoms with van der Waals surface area (Å²) in [6, 6.07) is 3.92. The number of carbonyl (C=O) groups is 3. The maximum atomic E-state index is 12.2. The van der Waals surface area contributed by atoms with Crippen molar-refractivity contribution in [2.45, 2.75) is 26.9 Å². The Morgan fingerprint density at radius 2 is 1.80 bits per heavy atom. The maximum Gasteiger partial charge on any atom is 0.339 e. The van der Waals surface area contributed by atoms with Crippen LogP contribution in [0.4, 0.5) is 4.79 Å². The molecule has 0 aliphatic carbocycles. The van der Waals surface area contributed by atoms with Crippen LogP contribution in [0.5, 0.6) is 11.5 Å². The summed E-state index contributed by atoms with van der Waals surface area (Å²) in [5, 5.41) is 4.27. The third-order valence-electron chi connectivity index (χ3n) is 3.09. The van der Waals surface area contributed by atoms with Gasteiger partial charge in [0.2, 0.25) is 0 Å². The third-order valence-corrected chi connectivity index (χ3v) is 3.09. The van der Waals surface area contributed by atoms with Crippen LogP contribution in [0.25, 0.3) is 0 Å². The van der Waals surface area contributed by atoms with E-state index in [1.807, 2.05) is 19.2 Å². The van der Waals surface area contributed by atoms with Crippen molar-refractivity contribution in [3.05, 3.63) is 23.8 Å². The number of urea groups is 1. The van der Waals surface area contributed by atoms with Crippen LogP contribution in [0.15, 0.2) is 18.2 Å². The van der Waals surface area contributed by atoms with Gasteiger partial charge in [0.1, 0.15) is 0 Å². The molecule has 0 unspecified atom stereocenters. The summed E-state index contributed by atoms with van der Waals surface area (Å²) in [6.45, 7) is 5.91. The van der Waals surface area contributed by atoms with Crippen molar-refractivity contribution in [3.63, 3.8) is 0 Å². The second-order valence-electron chi connectivity index (χ2n) is 5.69. The fraction of sp³-hybridized carbons (Fsp3) is 0.471. The van der Waals surface area contributed by atoms with Gasteiger partial charge in [0, 0.05) is 7.05 Å². The smallest absolute Gasteiger partial charge is 0.339 e. The molecule has 8 nitrogen and oxygen atoms in total. The predicted octanol–water partition coefficient (Wildman–Crippen LogP) is 1.73. The van der Waals surface area contributed by atoms with Crippen LogP contribution in [0.1, 0.15) is 31.1 Å². The number of hydrogen-bond acceptors (Lipinski definition) is 6. The van der Waals surface area contributed by atoms with Gasteiger partial charge in [-0.2, -0.15) is 0 Å². The van der Waals surface area contributed by atoms with Crippen LogP contribution in [-0.4, -0.2) is 44.8 Å². The van der Waals surface area contributed by atoms with Crippen molar-refractivity contribution >= 4 is 17.9 Å². The number of methoxy groups -OCH3 is 1. The zero-order valence-corrected chi connectivity index (χ0v) is 15.0. The lowest BCUT2D eigenvalue weighted by Crippen LogP contribution is -2.43. The van der Waals surface area contributed by atoms with Crippen molar-refractivity contribution in [1.29, 1.82) is 0 Å². The van der Waals surface area contributed by atoms with Crippen LogP contribution in [0, 0.1) is 5.92 Å². The number of amides is 3. The molecule has 3 amide bonds. The Hall–Kier alpha value is -2.77. The van der Waals surface area contributed by atoms with Gasteiger partial charge in [-0.05, 0) is 31.0 Å². The molecule has 1 aromatic rings. The first-order valence-corrected chi connectivity index (χ1v) is 7.82. The predicted molar refractivity (Wildman–Crippen MR) is 90.8 cm³/mol. The SMILES string of the molecule is CNC(=O)NC(=O)[C@@H](C)OC(=O)c1ccc(OCC(C)C)c(OC)c1. The first kappa shape index (κ1) is 20.3. The molecule has 1 atom stereocenters. The number of hydrogen-bond donors (Lipinski definition) is 2. The average molecular weight is 352 g/mol. The van der Waals surface area contributed by atoms with Crippen molar-refractivity contribution in [1.82, 2.24) is 10.6 Å². The van der Waals surface area contributed by atoms with Crippen LogP contribution >= 0.6 is 0 Å². The zero-order valence-electron chi connectivity index (χ0n) is 15.0. The summed E-state index contributed by atoms with van der Waals surface area (Å²) in [6.07, 6.45) is -1.13. The second-order valence-corrected chi connectivity index (χ2v) is 5.69. The van der Waals surface area contributed by atoms with Gasteiger partial charge >= 0.3 is 12.0 Å². The topological polar surface area (TPSA) is 103 Å². The molecular weight excluding hydrogens is 328 g/mol. The lowest BCUT2D eigenvalue weighted by molar-refractivity contribution is -0.127. The molecule has 0 spiro atoms. The molecule has 1 aromatic carbocycles. The van der Waals surface area contributed by atoms with Crippen LogP contribution < -0.4 is 20.1 Å². The molecule has 25 heavy (non-hydrogen) atoms. The second kappa shape index (κ2) is 9.51. The van der Waals surface area contributed by atoms with E-state index in [2.05, 4.69) is 5.32 Å². The van der Waals surface area contributed by atoms with Crippen molar-refractivity contribution < 1.29 is 28.6 Å². The van der Waals surface area contributed by atoms with E-state index in [1.165, 1.54) is 33.2 Å².